The van der Waals surface area contributed by atoms with Crippen LogP contribution in [-0.2, 0) is 0 Å². The van der Waals surface area contributed by atoms with Crippen molar-refractivity contribution in [3.63, 3.8) is 0 Å². The van der Waals surface area contributed by atoms with E-state index in [2.05, 4.69) is 52.5 Å². The van der Waals surface area contributed by atoms with Crippen molar-refractivity contribution in [1.29, 1.82) is 0 Å². The Morgan fingerprint density at radius 2 is 1.54 bits per heavy atom. The van der Waals surface area contributed by atoms with Gasteiger partial charge < -0.3 is 9.64 Å². The van der Waals surface area contributed by atoms with Crippen LogP contribution in [0, 0.1) is 0 Å². The second kappa shape index (κ2) is 9.35. The summed E-state index contributed by atoms with van der Waals surface area (Å²) in [5.74, 6) is 1.84. The van der Waals surface area contributed by atoms with Gasteiger partial charge in [0.25, 0.3) is 0 Å². The first-order chi connectivity index (χ1) is 17.3. The van der Waals surface area contributed by atoms with E-state index in [1.807, 2.05) is 89.0 Å². The summed E-state index contributed by atoms with van der Waals surface area (Å²) in [6, 6.07) is 28.3. The molecule has 0 N–H and O–H groups in total. The van der Waals surface area contributed by atoms with Crippen molar-refractivity contribution in [2.75, 3.05) is 16.6 Å². The van der Waals surface area contributed by atoms with Crippen molar-refractivity contribution in [3.05, 3.63) is 121 Å². The molecule has 0 saturated heterocycles. The largest absolute Gasteiger partial charge is 0.457 e. The molecular formula is C29H25N5O. The summed E-state index contributed by atoms with van der Waals surface area (Å²) in [5, 5.41) is 11.3. The monoisotopic (exact) mass is 459 g/mol. The third-order valence-corrected chi connectivity index (χ3v) is 6.11. The summed E-state index contributed by atoms with van der Waals surface area (Å²) < 4.78 is 8.13. The van der Waals surface area contributed by atoms with Gasteiger partial charge in [0.05, 0.1) is 17.1 Å². The van der Waals surface area contributed by atoms with Gasteiger partial charge >= 0.3 is 0 Å². The summed E-state index contributed by atoms with van der Waals surface area (Å²) in [7, 11) is 0. The quantitative estimate of drug-likeness (QED) is 0.331. The lowest BCUT2D eigenvalue weighted by Crippen LogP contribution is -2.26. The number of hydrazone groups is 1. The topological polar surface area (TPSA) is 45.9 Å². The maximum atomic E-state index is 6.22. The van der Waals surface area contributed by atoms with E-state index >= 15 is 0 Å². The van der Waals surface area contributed by atoms with Crippen molar-refractivity contribution in [1.82, 2.24) is 9.78 Å². The van der Waals surface area contributed by atoms with Gasteiger partial charge in [0.1, 0.15) is 24.5 Å². The molecule has 6 rings (SSSR count). The molecule has 0 fully saturated rings. The van der Waals surface area contributed by atoms with Crippen LogP contribution >= 0.6 is 0 Å². The number of nitrogens with zero attached hydrogens (tertiary/aromatic N) is 5. The van der Waals surface area contributed by atoms with Crippen LogP contribution in [0.25, 0.3) is 5.69 Å². The molecule has 3 aromatic carbocycles. The van der Waals surface area contributed by atoms with Crippen LogP contribution in [0.1, 0.15) is 18.0 Å². The first-order valence-electron chi connectivity index (χ1n) is 11.7. The van der Waals surface area contributed by atoms with Crippen molar-refractivity contribution < 1.29 is 4.74 Å². The molecule has 6 heteroatoms. The summed E-state index contributed by atoms with van der Waals surface area (Å²) in [6.45, 7) is 0.649. The lowest BCUT2D eigenvalue weighted by atomic mass is 9.98. The van der Waals surface area contributed by atoms with Crippen LogP contribution < -0.4 is 14.6 Å². The second-order valence-corrected chi connectivity index (χ2v) is 8.51. The number of rotatable bonds is 6. The predicted molar refractivity (Wildman–Crippen MR) is 140 cm³/mol. The zero-order valence-electron chi connectivity index (χ0n) is 19.2. The maximum absolute atomic E-state index is 6.22. The Labute approximate surface area is 204 Å². The Kier molecular flexibility index (Phi) is 5.60. The molecule has 6 nitrogen and oxygen atoms in total. The van der Waals surface area contributed by atoms with Crippen LogP contribution in [0.5, 0.6) is 11.5 Å². The van der Waals surface area contributed by atoms with Gasteiger partial charge in [-0.3, -0.25) is 0 Å². The van der Waals surface area contributed by atoms with E-state index in [1.165, 1.54) is 0 Å². The van der Waals surface area contributed by atoms with Crippen molar-refractivity contribution in [2.45, 2.75) is 12.3 Å². The van der Waals surface area contributed by atoms with E-state index in [-0.39, 0.29) is 0 Å². The van der Waals surface area contributed by atoms with Gasteiger partial charge in [-0.25, -0.2) is 9.69 Å². The van der Waals surface area contributed by atoms with Crippen molar-refractivity contribution in [3.8, 4) is 17.2 Å². The van der Waals surface area contributed by atoms with E-state index in [0.29, 0.717) is 12.6 Å². The lowest BCUT2D eigenvalue weighted by Gasteiger charge is -2.19. The highest BCUT2D eigenvalue weighted by Crippen LogP contribution is 2.30. The van der Waals surface area contributed by atoms with Crippen molar-refractivity contribution >= 4 is 17.7 Å². The molecule has 0 amide bonds. The van der Waals surface area contributed by atoms with Crippen LogP contribution in [0.4, 0.5) is 11.4 Å². The fourth-order valence-corrected chi connectivity index (χ4v) is 4.27. The van der Waals surface area contributed by atoms with E-state index in [4.69, 9.17) is 9.84 Å². The summed E-state index contributed by atoms with van der Waals surface area (Å²) >= 11 is 0. The van der Waals surface area contributed by atoms with Gasteiger partial charge in [0, 0.05) is 29.9 Å². The Morgan fingerprint density at radius 1 is 0.771 bits per heavy atom. The molecule has 2 heterocycles. The third kappa shape index (κ3) is 4.59. The fraction of sp³-hybridized carbons (Fsp3) is 0.103. The summed E-state index contributed by atoms with van der Waals surface area (Å²) in [5.41, 5.74) is 4.11. The van der Waals surface area contributed by atoms with E-state index < -0.39 is 0 Å². The molecule has 2 aliphatic rings. The molecule has 0 unspecified atom stereocenters. The normalized spacial score (nSPS) is 16.7. The average Bonchev–Trinajstić information content (AvgIpc) is 3.61. The van der Waals surface area contributed by atoms with Crippen LogP contribution in [0.15, 0.2) is 121 Å². The number of aromatic nitrogens is 2. The fourth-order valence-electron chi connectivity index (χ4n) is 4.27. The highest BCUT2D eigenvalue weighted by molar-refractivity contribution is 5.83. The summed E-state index contributed by atoms with van der Waals surface area (Å²) in [4.78, 5) is 2.11. The van der Waals surface area contributed by atoms with Gasteiger partial charge in [-0.2, -0.15) is 10.2 Å². The molecular weight excluding hydrogens is 434 g/mol. The standard InChI is InChI=1S/C29H25N5O/c1-3-9-23(10-4-1)29-17-18-33(31-29)25-13-7-15-27(19-25)35-28-16-8-14-26(20-28)34-22-32(21-30-34)24-11-5-2-6-12-24/h1-9,11-21,23H,10,22H2/t23-/m1/s1. The Hall–Kier alpha value is -4.58. The molecule has 35 heavy (non-hydrogen) atoms. The smallest absolute Gasteiger partial charge is 0.129 e. The molecule has 172 valence electrons. The molecule has 1 atom stereocenters. The molecule has 4 aromatic rings. The first-order valence-corrected chi connectivity index (χ1v) is 11.7. The molecule has 0 saturated carbocycles. The van der Waals surface area contributed by atoms with Crippen LogP contribution in [0.3, 0.4) is 0 Å². The average molecular weight is 460 g/mol. The Bertz CT molecular complexity index is 1410. The first kappa shape index (κ1) is 21.0. The minimum atomic E-state index is 0.328. The highest BCUT2D eigenvalue weighted by Gasteiger charge is 2.17. The molecule has 1 aromatic heterocycles. The Balaban J connectivity index is 1.16. The molecule has 0 bridgehead atoms. The molecule has 0 spiro atoms. The van der Waals surface area contributed by atoms with Gasteiger partial charge in [-0.15, -0.1) is 0 Å². The number of anilines is 2. The number of hydrogen-bond donors (Lipinski definition) is 0. The Morgan fingerprint density at radius 3 is 2.34 bits per heavy atom. The predicted octanol–water partition coefficient (Wildman–Crippen LogP) is 6.49. The van der Waals surface area contributed by atoms with Crippen LogP contribution in [-0.4, -0.2) is 22.8 Å². The number of ether oxygens (including phenoxy) is 1. The minimum absolute atomic E-state index is 0.328. The number of para-hydroxylation sites is 1. The number of benzene rings is 3. The van der Waals surface area contributed by atoms with E-state index in [1.54, 1.807) is 0 Å². The highest BCUT2D eigenvalue weighted by atomic mass is 16.5. The van der Waals surface area contributed by atoms with Crippen molar-refractivity contribution in [2.24, 2.45) is 5.10 Å². The number of allylic oxidation sites excluding steroid dienone is 4. The van der Waals surface area contributed by atoms with Gasteiger partial charge in [0.15, 0.2) is 0 Å². The van der Waals surface area contributed by atoms with Gasteiger partial charge in [0.2, 0.25) is 0 Å². The van der Waals surface area contributed by atoms with E-state index in [9.17, 15) is 0 Å². The zero-order chi connectivity index (χ0) is 23.5. The third-order valence-electron chi connectivity index (χ3n) is 6.11. The second-order valence-electron chi connectivity index (χ2n) is 8.51. The zero-order valence-corrected chi connectivity index (χ0v) is 19.2. The molecule has 0 radical (unpaired) electrons. The SMILES string of the molecule is C1=CC[C@H](c2ccn(-c3cccc(Oc4cccc(N5CN(c6ccccc6)C=N5)c4)c3)n2)C=C1. The lowest BCUT2D eigenvalue weighted by molar-refractivity contribution is 0.482. The van der Waals surface area contributed by atoms with Gasteiger partial charge in [-0.05, 0) is 48.9 Å². The molecule has 1 aliphatic heterocycles. The van der Waals surface area contributed by atoms with Crippen LogP contribution in [0.2, 0.25) is 0 Å². The summed E-state index contributed by atoms with van der Waals surface area (Å²) in [6.07, 6.45) is 13.4. The van der Waals surface area contributed by atoms with Gasteiger partial charge in [-0.1, -0.05) is 54.6 Å². The molecule has 1 aliphatic carbocycles. The maximum Gasteiger partial charge on any atom is 0.129 e. The van der Waals surface area contributed by atoms with E-state index in [0.717, 1.165) is 40.7 Å². The number of hydrogen-bond acceptors (Lipinski definition) is 5. The minimum Gasteiger partial charge on any atom is -0.457 e.